The van der Waals surface area contributed by atoms with E-state index in [-0.39, 0.29) is 18.5 Å². The molecule has 0 radical (unpaired) electrons. The summed E-state index contributed by atoms with van der Waals surface area (Å²) in [6.07, 6.45) is 5.51. The lowest BCUT2D eigenvalue weighted by Gasteiger charge is -2.32. The zero-order valence-electron chi connectivity index (χ0n) is 23.6. The van der Waals surface area contributed by atoms with Crippen LogP contribution < -0.4 is 4.74 Å². The van der Waals surface area contributed by atoms with Gasteiger partial charge in [0, 0.05) is 31.8 Å². The summed E-state index contributed by atoms with van der Waals surface area (Å²) in [5, 5.41) is 27.6. The first-order chi connectivity index (χ1) is 20.0. The Kier molecular flexibility index (Phi) is 12.8. The fourth-order valence-corrected chi connectivity index (χ4v) is 4.57. The average molecular weight is 563 g/mol. The highest BCUT2D eigenvalue weighted by atomic mass is 19.1. The van der Waals surface area contributed by atoms with Crippen LogP contribution in [0.15, 0.2) is 102 Å². The van der Waals surface area contributed by atoms with E-state index in [0.29, 0.717) is 37.2 Å². The first-order valence-electron chi connectivity index (χ1n) is 13.6. The molecule has 1 aromatic heterocycles. The van der Waals surface area contributed by atoms with Crippen LogP contribution in [0.3, 0.4) is 0 Å². The van der Waals surface area contributed by atoms with E-state index in [2.05, 4.69) is 6.58 Å². The predicted octanol–water partition coefficient (Wildman–Crippen LogP) is 6.67. The number of ether oxygens (including phenoxy) is 2. The van der Waals surface area contributed by atoms with Crippen molar-refractivity contribution >= 4 is 11.0 Å². The van der Waals surface area contributed by atoms with Crippen LogP contribution in [0.2, 0.25) is 0 Å². The van der Waals surface area contributed by atoms with E-state index >= 15 is 0 Å². The van der Waals surface area contributed by atoms with Gasteiger partial charge in [0.15, 0.2) is 0 Å². The second kappa shape index (κ2) is 16.5. The average Bonchev–Trinajstić information content (AvgIpc) is 3.42. The first-order valence-corrected chi connectivity index (χ1v) is 13.6. The van der Waals surface area contributed by atoms with Gasteiger partial charge in [-0.3, -0.25) is 0 Å². The van der Waals surface area contributed by atoms with Gasteiger partial charge in [0.05, 0.1) is 24.9 Å². The quantitative estimate of drug-likeness (QED) is 0.208. The van der Waals surface area contributed by atoms with E-state index in [1.54, 1.807) is 18.2 Å². The standard InChI is InChI=1S/C28H27FO5.C5H8.CH4O/c29-26-10-7-20(28-15-22(31)14-24(16-30)33-28)12-21(26)11-18-5-8-23(9-6-18)32-17-25-13-19-3-1-2-4-27(19)34-25;1-3-5-4-2;1-2/h1-10,12-13,22,24,28,30-31H,11,14-17H2;3-5H,1H2,2H3;2H,1H3/b;5-4-;. The molecule has 0 bridgehead atoms. The number of benzene rings is 3. The lowest BCUT2D eigenvalue weighted by Crippen LogP contribution is -2.33. The molecule has 0 aliphatic carbocycles. The smallest absolute Gasteiger partial charge is 0.146 e. The Balaban J connectivity index is 0.000000598. The Bertz CT molecular complexity index is 1340. The van der Waals surface area contributed by atoms with Crippen molar-refractivity contribution in [3.8, 4) is 5.75 Å². The number of para-hydroxylation sites is 1. The molecule has 4 aromatic rings. The van der Waals surface area contributed by atoms with E-state index in [0.717, 1.165) is 35.0 Å². The molecule has 3 atom stereocenters. The van der Waals surface area contributed by atoms with E-state index < -0.39 is 12.2 Å². The molecule has 3 aromatic carbocycles. The second-order valence-electron chi connectivity index (χ2n) is 9.53. The van der Waals surface area contributed by atoms with Crippen molar-refractivity contribution in [2.45, 2.75) is 51.1 Å². The first kappa shape index (κ1) is 31.8. The SMILES string of the molecule is C=C/C=C\C.CO.OCC1CC(O)CC(c2ccc(F)c(Cc3ccc(OCc4cc5ccccc5o4)cc3)c2)O1. The van der Waals surface area contributed by atoms with Crippen molar-refractivity contribution in [1.82, 2.24) is 0 Å². The third kappa shape index (κ3) is 9.40. The van der Waals surface area contributed by atoms with Gasteiger partial charge < -0.3 is 29.2 Å². The number of hydrogen-bond acceptors (Lipinski definition) is 6. The third-order valence-corrected chi connectivity index (χ3v) is 6.53. The van der Waals surface area contributed by atoms with Crippen LogP contribution >= 0.6 is 0 Å². The molecule has 0 amide bonds. The highest BCUT2D eigenvalue weighted by Crippen LogP contribution is 2.33. The van der Waals surface area contributed by atoms with Gasteiger partial charge in [-0.15, -0.1) is 0 Å². The van der Waals surface area contributed by atoms with E-state index in [9.17, 15) is 14.6 Å². The van der Waals surface area contributed by atoms with E-state index in [1.165, 1.54) is 6.07 Å². The van der Waals surface area contributed by atoms with Crippen molar-refractivity contribution in [1.29, 1.82) is 0 Å². The normalized spacial score (nSPS) is 18.2. The molecular formula is C34H39FO6. The fourth-order valence-electron chi connectivity index (χ4n) is 4.57. The molecule has 1 fully saturated rings. The van der Waals surface area contributed by atoms with Gasteiger partial charge in [0.2, 0.25) is 0 Å². The van der Waals surface area contributed by atoms with Crippen LogP contribution in [-0.2, 0) is 17.8 Å². The third-order valence-electron chi connectivity index (χ3n) is 6.53. The summed E-state index contributed by atoms with van der Waals surface area (Å²) in [6.45, 7) is 5.60. The second-order valence-corrected chi connectivity index (χ2v) is 9.53. The summed E-state index contributed by atoms with van der Waals surface area (Å²) in [5.41, 5.74) is 3.14. The molecular weight excluding hydrogens is 523 g/mol. The van der Waals surface area contributed by atoms with Gasteiger partial charge in [-0.1, -0.05) is 61.2 Å². The van der Waals surface area contributed by atoms with Crippen LogP contribution in [0.4, 0.5) is 4.39 Å². The zero-order valence-corrected chi connectivity index (χ0v) is 23.6. The molecule has 3 unspecified atom stereocenters. The zero-order chi connectivity index (χ0) is 29.6. The van der Waals surface area contributed by atoms with Crippen molar-refractivity contribution in [2.75, 3.05) is 13.7 Å². The molecule has 1 saturated heterocycles. The van der Waals surface area contributed by atoms with Crippen molar-refractivity contribution in [3.05, 3.63) is 126 Å². The lowest BCUT2D eigenvalue weighted by molar-refractivity contribution is -0.113. The van der Waals surface area contributed by atoms with Crippen LogP contribution in [-0.4, -0.2) is 41.2 Å². The molecule has 6 nitrogen and oxygen atoms in total. The maximum Gasteiger partial charge on any atom is 0.146 e. The van der Waals surface area contributed by atoms with Gasteiger partial charge >= 0.3 is 0 Å². The Morgan fingerprint density at radius 1 is 1.02 bits per heavy atom. The highest BCUT2D eigenvalue weighted by molar-refractivity contribution is 5.77. The number of aliphatic hydroxyl groups is 3. The number of allylic oxidation sites excluding steroid dienone is 3. The van der Waals surface area contributed by atoms with Crippen LogP contribution in [0, 0.1) is 5.82 Å². The number of hydrogen-bond donors (Lipinski definition) is 3. The van der Waals surface area contributed by atoms with Crippen LogP contribution in [0.25, 0.3) is 11.0 Å². The molecule has 2 heterocycles. The number of fused-ring (bicyclic) bond motifs is 1. The Morgan fingerprint density at radius 2 is 1.78 bits per heavy atom. The number of furan rings is 1. The summed E-state index contributed by atoms with van der Waals surface area (Å²) in [6, 6.07) is 22.3. The maximum absolute atomic E-state index is 14.6. The lowest BCUT2D eigenvalue weighted by atomic mass is 9.94. The Hall–Kier alpha value is -3.75. The predicted molar refractivity (Wildman–Crippen MR) is 159 cm³/mol. The Morgan fingerprint density at radius 3 is 2.44 bits per heavy atom. The topological polar surface area (TPSA) is 92.3 Å². The molecule has 41 heavy (non-hydrogen) atoms. The number of rotatable bonds is 8. The van der Waals surface area contributed by atoms with Crippen LogP contribution in [0.5, 0.6) is 5.75 Å². The molecule has 1 aliphatic rings. The molecule has 3 N–H and O–H groups in total. The van der Waals surface area contributed by atoms with Gasteiger partial charge in [-0.25, -0.2) is 4.39 Å². The summed E-state index contributed by atoms with van der Waals surface area (Å²) in [7, 11) is 1.00. The van der Waals surface area contributed by atoms with Crippen LogP contribution in [0.1, 0.15) is 48.3 Å². The molecule has 7 heteroatoms. The van der Waals surface area contributed by atoms with Gasteiger partial charge in [-0.2, -0.15) is 0 Å². The summed E-state index contributed by atoms with van der Waals surface area (Å²) < 4.78 is 32.1. The summed E-state index contributed by atoms with van der Waals surface area (Å²) in [5.74, 6) is 1.17. The largest absolute Gasteiger partial charge is 0.486 e. The Labute approximate surface area is 241 Å². The van der Waals surface area contributed by atoms with Crippen molar-refractivity contribution < 1.29 is 33.6 Å². The molecule has 0 spiro atoms. The fraction of sp³-hybridized carbons (Fsp3) is 0.294. The van der Waals surface area contributed by atoms with Crippen molar-refractivity contribution in [3.63, 3.8) is 0 Å². The molecule has 218 valence electrons. The summed E-state index contributed by atoms with van der Waals surface area (Å²) in [4.78, 5) is 0. The minimum atomic E-state index is -0.545. The van der Waals surface area contributed by atoms with Gasteiger partial charge in [0.1, 0.15) is 29.5 Å². The number of aliphatic hydroxyl groups excluding tert-OH is 3. The monoisotopic (exact) mass is 562 g/mol. The van der Waals surface area contributed by atoms with Gasteiger partial charge in [-0.05, 0) is 60.0 Å². The van der Waals surface area contributed by atoms with Crippen molar-refractivity contribution in [2.24, 2.45) is 0 Å². The summed E-state index contributed by atoms with van der Waals surface area (Å²) >= 11 is 0. The maximum atomic E-state index is 14.6. The molecule has 5 rings (SSSR count). The highest BCUT2D eigenvalue weighted by Gasteiger charge is 2.29. The minimum Gasteiger partial charge on any atom is -0.486 e. The van der Waals surface area contributed by atoms with E-state index in [1.807, 2.05) is 73.7 Å². The van der Waals surface area contributed by atoms with E-state index in [4.69, 9.17) is 19.0 Å². The minimum absolute atomic E-state index is 0.146. The molecule has 0 saturated carbocycles. The van der Waals surface area contributed by atoms with Gasteiger partial charge in [0.25, 0.3) is 0 Å². The number of halogens is 1. The molecule has 1 aliphatic heterocycles.